The smallest absolute Gasteiger partial charge is 0.338 e. The normalized spacial score (nSPS) is 17.8. The first-order valence-electron chi connectivity index (χ1n) is 11.2. The summed E-state index contributed by atoms with van der Waals surface area (Å²) in [5.74, 6) is -2.17. The Balaban J connectivity index is 1.51. The van der Waals surface area contributed by atoms with Crippen molar-refractivity contribution in [3.05, 3.63) is 59.4 Å². The van der Waals surface area contributed by atoms with E-state index in [0.29, 0.717) is 32.5 Å². The van der Waals surface area contributed by atoms with Gasteiger partial charge in [-0.05, 0) is 62.4 Å². The van der Waals surface area contributed by atoms with Gasteiger partial charge in [0.15, 0.2) is 6.10 Å². The average Bonchev–Trinajstić information content (AvgIpc) is 2.83. The number of piperidine rings is 1. The van der Waals surface area contributed by atoms with Gasteiger partial charge in [-0.1, -0.05) is 24.6 Å². The fraction of sp³-hybridized carbons (Fsp3) is 0.417. The van der Waals surface area contributed by atoms with E-state index in [1.807, 2.05) is 24.3 Å². The summed E-state index contributed by atoms with van der Waals surface area (Å²) in [5.41, 5.74) is 1.74. The van der Waals surface area contributed by atoms with Gasteiger partial charge in [-0.2, -0.15) is 4.31 Å². The van der Waals surface area contributed by atoms with Gasteiger partial charge in [0.1, 0.15) is 10.7 Å². The molecule has 2 aliphatic heterocycles. The second kappa shape index (κ2) is 9.61. The summed E-state index contributed by atoms with van der Waals surface area (Å²) in [6.45, 7) is 2.64. The number of hydrogen-bond donors (Lipinski definition) is 0. The van der Waals surface area contributed by atoms with E-state index in [9.17, 15) is 22.4 Å². The van der Waals surface area contributed by atoms with Crippen molar-refractivity contribution in [2.45, 2.75) is 50.0 Å². The molecule has 176 valence electrons. The lowest BCUT2D eigenvalue weighted by atomic mass is 10.0. The molecular weight excluding hydrogens is 447 g/mol. The Kier molecular flexibility index (Phi) is 6.81. The van der Waals surface area contributed by atoms with E-state index < -0.39 is 32.8 Å². The van der Waals surface area contributed by atoms with E-state index in [-0.39, 0.29) is 11.5 Å². The van der Waals surface area contributed by atoms with Gasteiger partial charge in [0, 0.05) is 25.3 Å². The number of sulfonamides is 1. The highest BCUT2D eigenvalue weighted by atomic mass is 32.2. The van der Waals surface area contributed by atoms with Gasteiger partial charge in [0.2, 0.25) is 10.0 Å². The maximum Gasteiger partial charge on any atom is 0.338 e. The third-order valence-electron chi connectivity index (χ3n) is 6.11. The maximum absolute atomic E-state index is 14.4. The molecular formula is C24H27FN2O5S. The van der Waals surface area contributed by atoms with Crippen molar-refractivity contribution in [1.29, 1.82) is 0 Å². The molecule has 0 saturated carbocycles. The quantitative estimate of drug-likeness (QED) is 0.619. The SMILES string of the molecule is CC(OC(=O)c1ccc(F)c(S(=O)(=O)N2CCCCC2)c1)C(=O)N1CCCc2ccccc21. The summed E-state index contributed by atoms with van der Waals surface area (Å²) >= 11 is 0. The fourth-order valence-electron chi connectivity index (χ4n) is 4.33. The van der Waals surface area contributed by atoms with Gasteiger partial charge in [-0.15, -0.1) is 0 Å². The van der Waals surface area contributed by atoms with Crippen LogP contribution in [0, 0.1) is 5.82 Å². The number of fused-ring (bicyclic) bond motifs is 1. The zero-order valence-electron chi connectivity index (χ0n) is 18.5. The van der Waals surface area contributed by atoms with E-state index in [1.54, 1.807) is 4.90 Å². The van der Waals surface area contributed by atoms with Crippen LogP contribution in [0.3, 0.4) is 0 Å². The van der Waals surface area contributed by atoms with Crippen molar-refractivity contribution in [3.63, 3.8) is 0 Å². The van der Waals surface area contributed by atoms with Gasteiger partial charge in [-0.25, -0.2) is 17.6 Å². The van der Waals surface area contributed by atoms with Crippen molar-refractivity contribution in [2.75, 3.05) is 24.5 Å². The second-order valence-corrected chi connectivity index (χ2v) is 10.3. The molecule has 1 saturated heterocycles. The van der Waals surface area contributed by atoms with E-state index in [0.717, 1.165) is 42.6 Å². The van der Waals surface area contributed by atoms with E-state index in [4.69, 9.17) is 4.74 Å². The lowest BCUT2D eigenvalue weighted by Crippen LogP contribution is -2.42. The third kappa shape index (κ3) is 4.79. The molecule has 1 amide bonds. The van der Waals surface area contributed by atoms with Crippen LogP contribution < -0.4 is 4.90 Å². The van der Waals surface area contributed by atoms with Crippen molar-refractivity contribution >= 4 is 27.6 Å². The van der Waals surface area contributed by atoms with Crippen LogP contribution in [0.1, 0.15) is 48.5 Å². The van der Waals surface area contributed by atoms with Gasteiger partial charge < -0.3 is 9.64 Å². The molecule has 0 aromatic heterocycles. The summed E-state index contributed by atoms with van der Waals surface area (Å²) in [7, 11) is -4.07. The van der Waals surface area contributed by atoms with Gasteiger partial charge in [0.05, 0.1) is 5.56 Å². The van der Waals surface area contributed by atoms with E-state index in [2.05, 4.69) is 0 Å². The summed E-state index contributed by atoms with van der Waals surface area (Å²) in [5, 5.41) is 0. The minimum absolute atomic E-state index is 0.120. The molecule has 1 atom stereocenters. The molecule has 0 bridgehead atoms. The van der Waals surface area contributed by atoms with E-state index >= 15 is 0 Å². The lowest BCUT2D eigenvalue weighted by molar-refractivity contribution is -0.126. The number of amides is 1. The standard InChI is InChI=1S/C24H27FN2O5S/c1-17(23(28)27-15-7-9-18-8-3-4-10-21(18)27)32-24(29)19-11-12-20(25)22(16-19)33(30,31)26-13-5-2-6-14-26/h3-4,8,10-12,16-17H,2,5-7,9,13-15H2,1H3. The summed E-state index contributed by atoms with van der Waals surface area (Å²) in [4.78, 5) is 26.8. The minimum atomic E-state index is -4.07. The van der Waals surface area contributed by atoms with Crippen molar-refractivity contribution in [3.8, 4) is 0 Å². The Morgan fingerprint density at radius 1 is 1.00 bits per heavy atom. The number of hydrogen-bond acceptors (Lipinski definition) is 5. The molecule has 4 rings (SSSR count). The number of anilines is 1. The number of carbonyl (C=O) groups excluding carboxylic acids is 2. The van der Waals surface area contributed by atoms with Crippen LogP contribution >= 0.6 is 0 Å². The molecule has 1 fully saturated rings. The van der Waals surface area contributed by atoms with Crippen LogP contribution in [0.15, 0.2) is 47.4 Å². The molecule has 0 spiro atoms. The first-order chi connectivity index (χ1) is 15.8. The van der Waals surface area contributed by atoms with Gasteiger partial charge >= 0.3 is 5.97 Å². The summed E-state index contributed by atoms with van der Waals surface area (Å²) in [6, 6.07) is 10.7. The predicted octanol–water partition coefficient (Wildman–Crippen LogP) is 3.53. The summed E-state index contributed by atoms with van der Waals surface area (Å²) in [6.07, 6.45) is 2.94. The van der Waals surface area contributed by atoms with Crippen molar-refractivity contribution in [1.82, 2.24) is 4.31 Å². The molecule has 1 unspecified atom stereocenters. The number of aryl methyl sites for hydroxylation is 1. The van der Waals surface area contributed by atoms with Crippen LogP contribution in [0.25, 0.3) is 0 Å². The first kappa shape index (κ1) is 23.4. The fourth-order valence-corrected chi connectivity index (χ4v) is 5.94. The Morgan fingerprint density at radius 2 is 1.73 bits per heavy atom. The number of halogens is 1. The first-order valence-corrected chi connectivity index (χ1v) is 12.6. The summed E-state index contributed by atoms with van der Waals surface area (Å²) < 4.78 is 46.9. The lowest BCUT2D eigenvalue weighted by Gasteiger charge is -2.31. The van der Waals surface area contributed by atoms with Crippen LogP contribution in [-0.4, -0.2) is 50.3 Å². The highest BCUT2D eigenvalue weighted by Crippen LogP contribution is 2.28. The Hall–Kier alpha value is -2.78. The van der Waals surface area contributed by atoms with Gasteiger partial charge in [0.25, 0.3) is 5.91 Å². The Labute approximate surface area is 193 Å². The number of esters is 1. The number of nitrogens with zero attached hydrogens (tertiary/aromatic N) is 2. The van der Waals surface area contributed by atoms with Crippen LogP contribution in [0.4, 0.5) is 10.1 Å². The molecule has 7 nitrogen and oxygen atoms in total. The number of para-hydroxylation sites is 1. The molecule has 0 radical (unpaired) electrons. The molecule has 33 heavy (non-hydrogen) atoms. The molecule has 2 aliphatic rings. The van der Waals surface area contributed by atoms with Crippen LogP contribution in [-0.2, 0) is 26.0 Å². The molecule has 2 aromatic rings. The second-order valence-electron chi connectivity index (χ2n) is 8.38. The van der Waals surface area contributed by atoms with Crippen LogP contribution in [0.2, 0.25) is 0 Å². The third-order valence-corrected chi connectivity index (χ3v) is 8.02. The van der Waals surface area contributed by atoms with Gasteiger partial charge in [-0.3, -0.25) is 4.79 Å². The molecule has 9 heteroatoms. The molecule has 2 heterocycles. The molecule has 2 aromatic carbocycles. The van der Waals surface area contributed by atoms with Crippen molar-refractivity contribution in [2.24, 2.45) is 0 Å². The number of carbonyl (C=O) groups is 2. The number of ether oxygens (including phenoxy) is 1. The topological polar surface area (TPSA) is 84.0 Å². The average molecular weight is 475 g/mol. The zero-order valence-corrected chi connectivity index (χ0v) is 19.3. The monoisotopic (exact) mass is 474 g/mol. The Morgan fingerprint density at radius 3 is 2.48 bits per heavy atom. The number of benzene rings is 2. The minimum Gasteiger partial charge on any atom is -0.449 e. The zero-order chi connectivity index (χ0) is 23.6. The Bertz CT molecular complexity index is 1160. The predicted molar refractivity (Wildman–Crippen MR) is 121 cm³/mol. The number of rotatable bonds is 5. The largest absolute Gasteiger partial charge is 0.449 e. The molecule has 0 aliphatic carbocycles. The highest BCUT2D eigenvalue weighted by molar-refractivity contribution is 7.89. The highest BCUT2D eigenvalue weighted by Gasteiger charge is 2.31. The maximum atomic E-state index is 14.4. The van der Waals surface area contributed by atoms with Crippen molar-refractivity contribution < 1.29 is 27.1 Å². The van der Waals surface area contributed by atoms with Crippen LogP contribution in [0.5, 0.6) is 0 Å². The van der Waals surface area contributed by atoms with E-state index in [1.165, 1.54) is 17.3 Å². The molecule has 0 N–H and O–H groups in total.